The van der Waals surface area contributed by atoms with Crippen LogP contribution in [0.3, 0.4) is 0 Å². The summed E-state index contributed by atoms with van der Waals surface area (Å²) in [5, 5.41) is 6.28. The van der Waals surface area contributed by atoms with Crippen molar-refractivity contribution in [2.75, 3.05) is 12.4 Å². The molecule has 0 aliphatic heterocycles. The van der Waals surface area contributed by atoms with Crippen LogP contribution in [0.5, 0.6) is 0 Å². The van der Waals surface area contributed by atoms with Gasteiger partial charge in [-0.3, -0.25) is 9.87 Å². The summed E-state index contributed by atoms with van der Waals surface area (Å²) in [5.41, 5.74) is 3.64. The highest BCUT2D eigenvalue weighted by atomic mass is 32.3. The maximum Gasteiger partial charge on any atom is 0.476 e. The summed E-state index contributed by atoms with van der Waals surface area (Å²) in [6.45, 7) is 11.7. The Bertz CT molecular complexity index is 696. The maximum absolute atomic E-state index is 11.0. The zero-order chi connectivity index (χ0) is 18.0. The van der Waals surface area contributed by atoms with Crippen LogP contribution in [0, 0.1) is 20.8 Å². The summed E-state index contributed by atoms with van der Waals surface area (Å²) in [6, 6.07) is 4.04. The van der Waals surface area contributed by atoms with Crippen molar-refractivity contribution in [2.24, 2.45) is 0 Å². The van der Waals surface area contributed by atoms with E-state index in [9.17, 15) is 8.42 Å². The number of aryl methyl sites for hydroxylation is 3. The van der Waals surface area contributed by atoms with Gasteiger partial charge in [-0.15, -0.1) is 0 Å². The molecule has 0 radical (unpaired) electrons. The van der Waals surface area contributed by atoms with E-state index in [1.54, 1.807) is 0 Å². The van der Waals surface area contributed by atoms with Crippen molar-refractivity contribution >= 4 is 22.0 Å². The lowest BCUT2D eigenvalue weighted by atomic mass is 10.1. The Morgan fingerprint density at radius 2 is 1.65 bits per heavy atom. The highest BCUT2D eigenvalue weighted by Gasteiger charge is 2.25. The van der Waals surface area contributed by atoms with Gasteiger partial charge < -0.3 is 0 Å². The highest BCUT2D eigenvalue weighted by molar-refractivity contribution is 7.80. The second-order valence-electron chi connectivity index (χ2n) is 6.62. The van der Waals surface area contributed by atoms with E-state index in [1.807, 2.05) is 53.7 Å². The number of nitrogens with one attached hydrogen (secondary N) is 2. The number of hydroxylamine groups is 1. The van der Waals surface area contributed by atoms with Crippen molar-refractivity contribution in [3.63, 3.8) is 0 Å². The predicted molar refractivity (Wildman–Crippen MR) is 91.0 cm³/mol. The minimum Gasteiger partial charge on any atom is -0.270 e. The molecule has 0 aliphatic carbocycles. The Kier molecular flexibility index (Phi) is 5.65. The molecule has 3 N–H and O–H groups in total. The number of rotatable bonds is 3. The second-order valence-corrected chi connectivity index (χ2v) is 7.63. The fourth-order valence-electron chi connectivity index (χ4n) is 2.22. The summed E-state index contributed by atoms with van der Waals surface area (Å²) in [4.78, 5) is 0. The molecule has 1 rings (SSSR count). The number of hydrogen-bond acceptors (Lipinski definition) is 3. The van der Waals surface area contributed by atoms with Crippen LogP contribution in [0.4, 0.5) is 5.69 Å². The molecule has 23 heavy (non-hydrogen) atoms. The fourth-order valence-corrected chi connectivity index (χ4v) is 2.58. The fraction of sp³-hybridized carbons (Fsp3) is 0.533. The average molecular weight is 344 g/mol. The molecule has 0 unspecified atom stereocenters. The van der Waals surface area contributed by atoms with Gasteiger partial charge in [0, 0.05) is 0 Å². The topological polar surface area (TPSA) is 90.7 Å². The van der Waals surface area contributed by atoms with Crippen molar-refractivity contribution in [3.05, 3.63) is 28.8 Å². The van der Waals surface area contributed by atoms with Crippen LogP contribution in [-0.4, -0.2) is 36.3 Å². The first kappa shape index (κ1) is 19.2. The smallest absolute Gasteiger partial charge is 0.270 e. The van der Waals surface area contributed by atoms with Gasteiger partial charge in [0.2, 0.25) is 0 Å². The largest absolute Gasteiger partial charge is 0.476 e. The van der Waals surface area contributed by atoms with E-state index in [2.05, 4.69) is 14.9 Å². The molecular formula is C15H26N3O4S+. The number of hydrogen-bond donors (Lipinski definition) is 3. The monoisotopic (exact) mass is 344 g/mol. The third-order valence-corrected chi connectivity index (χ3v) is 3.35. The molecule has 0 fully saturated rings. The second kappa shape index (κ2) is 6.76. The summed E-state index contributed by atoms with van der Waals surface area (Å²) < 4.78 is 36.3. The molecule has 0 bridgehead atoms. The lowest BCUT2D eigenvalue weighted by Crippen LogP contribution is -2.48. The van der Waals surface area contributed by atoms with Crippen LogP contribution in [0.15, 0.2) is 12.1 Å². The lowest BCUT2D eigenvalue weighted by molar-refractivity contribution is -0.726. The van der Waals surface area contributed by atoms with E-state index >= 15 is 0 Å². The van der Waals surface area contributed by atoms with Crippen LogP contribution < -0.4 is 10.6 Å². The van der Waals surface area contributed by atoms with E-state index < -0.39 is 10.4 Å². The molecule has 0 saturated heterocycles. The first-order valence-electron chi connectivity index (χ1n) is 7.19. The molecule has 0 aromatic heterocycles. The van der Waals surface area contributed by atoms with Gasteiger partial charge in [0.25, 0.3) is 0 Å². The van der Waals surface area contributed by atoms with Gasteiger partial charge in [0.15, 0.2) is 0 Å². The first-order valence-corrected chi connectivity index (χ1v) is 8.56. The van der Waals surface area contributed by atoms with Crippen molar-refractivity contribution in [1.82, 2.24) is 5.32 Å². The minimum absolute atomic E-state index is 0.296. The Balaban J connectivity index is 3.30. The molecule has 1 aromatic rings. The zero-order valence-corrected chi connectivity index (χ0v) is 15.5. The Labute approximate surface area is 138 Å². The van der Waals surface area contributed by atoms with Crippen LogP contribution in [0.25, 0.3) is 0 Å². The van der Waals surface area contributed by atoms with Gasteiger partial charge in [-0.2, -0.15) is 8.42 Å². The Morgan fingerprint density at radius 1 is 1.17 bits per heavy atom. The number of benzene rings is 1. The molecule has 0 heterocycles. The summed E-state index contributed by atoms with van der Waals surface area (Å²) in [6.07, 6.45) is 0. The van der Waals surface area contributed by atoms with E-state index in [-0.39, 0.29) is 5.54 Å². The molecule has 130 valence electrons. The normalized spacial score (nSPS) is 13.4. The van der Waals surface area contributed by atoms with Gasteiger partial charge in [0.1, 0.15) is 5.69 Å². The third-order valence-electron chi connectivity index (χ3n) is 2.93. The average Bonchev–Trinajstić information content (AvgIpc) is 2.28. The van der Waals surface area contributed by atoms with Crippen molar-refractivity contribution < 1.29 is 22.0 Å². The van der Waals surface area contributed by atoms with Gasteiger partial charge in [-0.05, 0) is 52.7 Å². The van der Waals surface area contributed by atoms with Crippen molar-refractivity contribution in [2.45, 2.75) is 47.1 Å². The zero-order valence-electron chi connectivity index (χ0n) is 14.7. The molecule has 0 spiro atoms. The van der Waals surface area contributed by atoms with Gasteiger partial charge in [0.05, 0.1) is 12.6 Å². The lowest BCUT2D eigenvalue weighted by Gasteiger charge is -2.20. The molecule has 7 nitrogen and oxygen atoms in total. The van der Waals surface area contributed by atoms with E-state index in [1.165, 1.54) is 7.05 Å². The molecule has 8 heteroatoms. The summed E-state index contributed by atoms with van der Waals surface area (Å²) in [7, 11) is -3.24. The number of anilines is 1. The van der Waals surface area contributed by atoms with Crippen LogP contribution in [-0.2, 0) is 14.7 Å². The molecule has 0 amide bonds. The minimum atomic E-state index is -4.62. The van der Waals surface area contributed by atoms with Crippen LogP contribution in [0.2, 0.25) is 0 Å². The van der Waals surface area contributed by atoms with E-state index in [4.69, 9.17) is 4.55 Å². The Morgan fingerprint density at radius 3 is 2.04 bits per heavy atom. The quantitative estimate of drug-likeness (QED) is 0.256. The third kappa shape index (κ3) is 6.45. The number of nitrogens with zero attached hydrogens (tertiary/aromatic N) is 1. The predicted octanol–water partition coefficient (Wildman–Crippen LogP) is 2.14. The van der Waals surface area contributed by atoms with Crippen LogP contribution >= 0.6 is 0 Å². The van der Waals surface area contributed by atoms with E-state index in [0.29, 0.717) is 5.96 Å². The van der Waals surface area contributed by atoms with Crippen molar-refractivity contribution in [1.29, 1.82) is 0 Å². The maximum atomic E-state index is 11.0. The highest BCUT2D eigenvalue weighted by Crippen LogP contribution is 2.22. The number of guanidine groups is 1. The molecule has 1 aromatic carbocycles. The summed E-state index contributed by atoms with van der Waals surface area (Å²) in [5.74, 6) is 0.296. The molecule has 0 atom stereocenters. The molecule has 0 saturated carbocycles. The summed E-state index contributed by atoms with van der Waals surface area (Å²) >= 11 is 0. The van der Waals surface area contributed by atoms with Gasteiger partial charge in [-0.1, -0.05) is 22.4 Å². The van der Waals surface area contributed by atoms with Crippen molar-refractivity contribution in [3.8, 4) is 0 Å². The molecular weight excluding hydrogens is 318 g/mol. The standard InChI is InChI=1S/C15H25N3O4S/c1-10-8-11(2)13(12(3)9-10)16-14(17-15(4,5)6)18(7)22-23(19,20)21/h8-9H,1-7H3,(H2,16,17,19,20,21)/p+1. The molecule has 0 aliphatic rings. The van der Waals surface area contributed by atoms with Gasteiger partial charge in [-0.25, -0.2) is 9.60 Å². The SMILES string of the molecule is Cc1cc(C)c(N/C(NC(C)(C)C)=[N+](\C)OS(=O)(=O)O)c(C)c1. The van der Waals surface area contributed by atoms with Gasteiger partial charge >= 0.3 is 16.4 Å². The van der Waals surface area contributed by atoms with E-state index in [0.717, 1.165) is 27.1 Å². The van der Waals surface area contributed by atoms with Crippen LogP contribution in [0.1, 0.15) is 37.5 Å². The Hall–Kier alpha value is -1.80. The first-order chi connectivity index (χ1) is 10.3.